The van der Waals surface area contributed by atoms with E-state index in [0.717, 1.165) is 25.7 Å². The highest BCUT2D eigenvalue weighted by Crippen LogP contribution is 2.57. The summed E-state index contributed by atoms with van der Waals surface area (Å²) >= 11 is 0. The van der Waals surface area contributed by atoms with E-state index in [1.807, 2.05) is 0 Å². The molecule has 1 nitrogen and oxygen atoms in total. The Bertz CT molecular complexity index is 890. The van der Waals surface area contributed by atoms with Crippen molar-refractivity contribution in [1.29, 1.82) is 0 Å². The van der Waals surface area contributed by atoms with Crippen LogP contribution in [0.25, 0.3) is 10.8 Å². The number of carbonyl (C=O) groups excluding carboxylic acids is 1. The van der Waals surface area contributed by atoms with Gasteiger partial charge in [0.2, 0.25) is 0 Å². The molecule has 2 bridgehead atoms. The third-order valence-corrected chi connectivity index (χ3v) is 6.98. The SMILES string of the molecule is CCCCc1cccc2cc3c(cc12)C1(CC2C=CC1C2)C(=O)CC3. The van der Waals surface area contributed by atoms with Crippen LogP contribution < -0.4 is 0 Å². The molecule has 5 rings (SSSR count). The molecule has 1 saturated carbocycles. The summed E-state index contributed by atoms with van der Waals surface area (Å²) in [5.41, 5.74) is 4.05. The summed E-state index contributed by atoms with van der Waals surface area (Å²) in [5, 5.41) is 2.74. The zero-order chi connectivity index (χ0) is 17.0. The summed E-state index contributed by atoms with van der Waals surface area (Å²) in [7, 11) is 0. The van der Waals surface area contributed by atoms with Crippen LogP contribution in [0.2, 0.25) is 0 Å². The number of hydrogen-bond donors (Lipinski definition) is 0. The molecule has 1 heteroatoms. The van der Waals surface area contributed by atoms with Crippen molar-refractivity contribution in [1.82, 2.24) is 0 Å². The van der Waals surface area contributed by atoms with Gasteiger partial charge >= 0.3 is 0 Å². The number of allylic oxidation sites excluding steroid dienone is 2. The smallest absolute Gasteiger partial charge is 0.144 e. The maximum atomic E-state index is 13.1. The van der Waals surface area contributed by atoms with Crippen molar-refractivity contribution in [3.8, 4) is 0 Å². The number of fused-ring (bicyclic) bond motifs is 6. The normalized spacial score (nSPS) is 29.7. The maximum absolute atomic E-state index is 13.1. The van der Waals surface area contributed by atoms with Gasteiger partial charge in [0.1, 0.15) is 5.78 Å². The number of ketones is 1. The zero-order valence-corrected chi connectivity index (χ0v) is 15.1. The Labute approximate surface area is 150 Å². The van der Waals surface area contributed by atoms with Gasteiger partial charge in [-0.15, -0.1) is 0 Å². The Morgan fingerprint density at radius 1 is 1.16 bits per heavy atom. The molecule has 0 saturated heterocycles. The fourth-order valence-electron chi connectivity index (χ4n) is 5.75. The lowest BCUT2D eigenvalue weighted by molar-refractivity contribution is -0.126. The first-order valence-electron chi connectivity index (χ1n) is 9.99. The van der Waals surface area contributed by atoms with E-state index in [1.54, 1.807) is 0 Å². The minimum atomic E-state index is -0.209. The fourth-order valence-corrected chi connectivity index (χ4v) is 5.75. The van der Waals surface area contributed by atoms with Gasteiger partial charge in [-0.1, -0.05) is 49.8 Å². The number of aryl methyl sites for hydroxylation is 2. The van der Waals surface area contributed by atoms with Gasteiger partial charge in [-0.05, 0) is 77.5 Å². The van der Waals surface area contributed by atoms with Crippen LogP contribution in [0.5, 0.6) is 0 Å². The molecular formula is C24H26O. The molecule has 0 aliphatic heterocycles. The van der Waals surface area contributed by atoms with Gasteiger partial charge in [-0.2, -0.15) is 0 Å². The van der Waals surface area contributed by atoms with Crippen molar-refractivity contribution in [2.24, 2.45) is 11.8 Å². The monoisotopic (exact) mass is 330 g/mol. The van der Waals surface area contributed by atoms with E-state index in [1.165, 1.54) is 46.7 Å². The predicted molar refractivity (Wildman–Crippen MR) is 103 cm³/mol. The lowest BCUT2D eigenvalue weighted by atomic mass is 9.62. The second-order valence-corrected chi connectivity index (χ2v) is 8.34. The Kier molecular flexibility index (Phi) is 3.42. The van der Waals surface area contributed by atoms with Crippen molar-refractivity contribution < 1.29 is 4.79 Å². The van der Waals surface area contributed by atoms with Gasteiger partial charge in [0.05, 0.1) is 5.41 Å². The number of Topliss-reactive ketones (excluding diaryl/α,β-unsaturated/α-hetero) is 1. The van der Waals surface area contributed by atoms with E-state index in [9.17, 15) is 4.79 Å². The standard InChI is InChI=1S/C24H26O/c1-2-3-5-17-6-4-7-18-13-19-9-11-23(25)24(22(19)14-21(17)18)15-16-8-10-20(24)12-16/h4,6-8,10,13-14,16,20H,2-3,5,9,11-12,15H2,1H3. The van der Waals surface area contributed by atoms with Crippen molar-refractivity contribution in [2.75, 3.05) is 0 Å². The molecule has 25 heavy (non-hydrogen) atoms. The quantitative estimate of drug-likeness (QED) is 0.676. The predicted octanol–water partition coefficient (Wildman–Crippen LogP) is 5.53. The molecule has 0 heterocycles. The third-order valence-electron chi connectivity index (χ3n) is 6.98. The van der Waals surface area contributed by atoms with Crippen molar-refractivity contribution in [2.45, 2.75) is 57.3 Å². The molecular weight excluding hydrogens is 304 g/mol. The van der Waals surface area contributed by atoms with Crippen molar-refractivity contribution in [3.63, 3.8) is 0 Å². The number of carbonyl (C=O) groups is 1. The average Bonchev–Trinajstić information content (AvgIpc) is 3.24. The highest BCUT2D eigenvalue weighted by Gasteiger charge is 2.55. The minimum Gasteiger partial charge on any atom is -0.299 e. The Balaban J connectivity index is 1.72. The molecule has 2 aromatic carbocycles. The minimum absolute atomic E-state index is 0.209. The van der Waals surface area contributed by atoms with Gasteiger partial charge < -0.3 is 0 Å². The summed E-state index contributed by atoms with van der Waals surface area (Å²) in [5.74, 6) is 1.55. The molecule has 1 fully saturated rings. The maximum Gasteiger partial charge on any atom is 0.144 e. The molecule has 3 aliphatic rings. The highest BCUT2D eigenvalue weighted by molar-refractivity contribution is 5.97. The molecule has 128 valence electrons. The number of benzene rings is 2. The van der Waals surface area contributed by atoms with E-state index in [0.29, 0.717) is 17.6 Å². The van der Waals surface area contributed by atoms with Crippen LogP contribution in [-0.4, -0.2) is 5.78 Å². The summed E-state index contributed by atoms with van der Waals surface area (Å²) in [6.07, 6.45) is 12.2. The largest absolute Gasteiger partial charge is 0.299 e. The van der Waals surface area contributed by atoms with Gasteiger partial charge in [0, 0.05) is 6.42 Å². The lowest BCUT2D eigenvalue weighted by Gasteiger charge is -2.40. The summed E-state index contributed by atoms with van der Waals surface area (Å²) < 4.78 is 0. The summed E-state index contributed by atoms with van der Waals surface area (Å²) in [6.45, 7) is 2.25. The average molecular weight is 330 g/mol. The third kappa shape index (κ3) is 2.11. The van der Waals surface area contributed by atoms with E-state index < -0.39 is 0 Å². The number of rotatable bonds is 3. The molecule has 3 unspecified atom stereocenters. The van der Waals surface area contributed by atoms with Gasteiger partial charge in [-0.25, -0.2) is 0 Å². The zero-order valence-electron chi connectivity index (χ0n) is 15.1. The summed E-state index contributed by atoms with van der Waals surface area (Å²) in [6, 6.07) is 11.5. The van der Waals surface area contributed by atoms with Gasteiger partial charge in [-0.3, -0.25) is 4.79 Å². The topological polar surface area (TPSA) is 17.1 Å². The first-order valence-corrected chi connectivity index (χ1v) is 9.99. The number of unbranched alkanes of at least 4 members (excludes halogenated alkanes) is 1. The van der Waals surface area contributed by atoms with E-state index in [-0.39, 0.29) is 5.41 Å². The first-order chi connectivity index (χ1) is 12.2. The molecule has 1 spiro atoms. The second-order valence-electron chi connectivity index (χ2n) is 8.34. The van der Waals surface area contributed by atoms with Crippen LogP contribution in [0, 0.1) is 11.8 Å². The van der Waals surface area contributed by atoms with Crippen LogP contribution >= 0.6 is 0 Å². The highest BCUT2D eigenvalue weighted by atomic mass is 16.1. The fraction of sp³-hybridized carbons (Fsp3) is 0.458. The lowest BCUT2D eigenvalue weighted by Crippen LogP contribution is -2.43. The van der Waals surface area contributed by atoms with Crippen LogP contribution in [0.1, 0.15) is 55.7 Å². The molecule has 3 aliphatic carbocycles. The molecule has 0 radical (unpaired) electrons. The van der Waals surface area contributed by atoms with Crippen LogP contribution in [0.4, 0.5) is 0 Å². The van der Waals surface area contributed by atoms with E-state index >= 15 is 0 Å². The van der Waals surface area contributed by atoms with E-state index in [4.69, 9.17) is 0 Å². The van der Waals surface area contributed by atoms with Crippen molar-refractivity contribution in [3.05, 3.63) is 59.2 Å². The molecule has 0 aromatic heterocycles. The summed E-state index contributed by atoms with van der Waals surface area (Å²) in [4.78, 5) is 13.1. The Hall–Kier alpha value is -1.89. The van der Waals surface area contributed by atoms with Gasteiger partial charge in [0.25, 0.3) is 0 Å². The Morgan fingerprint density at radius 2 is 2.08 bits per heavy atom. The second kappa shape index (κ2) is 5.56. The molecule has 0 amide bonds. The van der Waals surface area contributed by atoms with Crippen LogP contribution in [0.3, 0.4) is 0 Å². The number of hydrogen-bond acceptors (Lipinski definition) is 1. The van der Waals surface area contributed by atoms with Gasteiger partial charge in [0.15, 0.2) is 0 Å². The Morgan fingerprint density at radius 3 is 2.84 bits per heavy atom. The molecule has 2 aromatic rings. The van der Waals surface area contributed by atoms with Crippen LogP contribution in [0.15, 0.2) is 42.5 Å². The molecule has 3 atom stereocenters. The van der Waals surface area contributed by atoms with Crippen molar-refractivity contribution >= 4 is 16.6 Å². The molecule has 0 N–H and O–H groups in total. The van der Waals surface area contributed by atoms with Crippen LogP contribution in [-0.2, 0) is 23.1 Å². The van der Waals surface area contributed by atoms with E-state index in [2.05, 4.69) is 49.4 Å². The first kappa shape index (κ1) is 15.4.